The second-order valence-corrected chi connectivity index (χ2v) is 8.36. The Hall–Kier alpha value is -2.29. The minimum absolute atomic E-state index is 0.00796. The summed E-state index contributed by atoms with van der Waals surface area (Å²) in [5, 5.41) is 2.89. The zero-order valence-electron chi connectivity index (χ0n) is 15.9. The molecule has 1 amide bonds. The van der Waals surface area contributed by atoms with Crippen LogP contribution in [-0.2, 0) is 21.4 Å². The van der Waals surface area contributed by atoms with E-state index in [-0.39, 0.29) is 23.0 Å². The van der Waals surface area contributed by atoms with Crippen molar-refractivity contribution in [2.75, 3.05) is 27.3 Å². The smallest absolute Gasteiger partial charge is 0.243 e. The van der Waals surface area contributed by atoms with Crippen molar-refractivity contribution >= 4 is 27.5 Å². The first kappa shape index (κ1) is 22.0. The van der Waals surface area contributed by atoms with Crippen molar-refractivity contribution in [2.24, 2.45) is 0 Å². The molecule has 0 saturated heterocycles. The van der Waals surface area contributed by atoms with E-state index < -0.39 is 15.9 Å². The van der Waals surface area contributed by atoms with Gasteiger partial charge in [0.25, 0.3) is 0 Å². The van der Waals surface area contributed by atoms with Gasteiger partial charge in [-0.25, -0.2) is 8.42 Å². The average Bonchev–Trinajstić information content (AvgIpc) is 2.68. The van der Waals surface area contributed by atoms with Crippen molar-refractivity contribution in [1.29, 1.82) is 0 Å². The van der Waals surface area contributed by atoms with Crippen molar-refractivity contribution in [1.82, 2.24) is 9.62 Å². The molecule has 0 atom stereocenters. The van der Waals surface area contributed by atoms with Crippen molar-refractivity contribution in [2.45, 2.75) is 18.4 Å². The normalized spacial score (nSPS) is 11.3. The highest BCUT2D eigenvalue weighted by Gasteiger charge is 2.24. The fourth-order valence-electron chi connectivity index (χ4n) is 2.38. The maximum absolute atomic E-state index is 12.7. The number of likely N-dealkylation sites (N-methyl/N-ethyl adjacent to an activating group) is 1. The van der Waals surface area contributed by atoms with Crippen LogP contribution in [0.25, 0.3) is 0 Å². The van der Waals surface area contributed by atoms with Crippen LogP contribution >= 0.6 is 11.6 Å². The van der Waals surface area contributed by atoms with E-state index in [4.69, 9.17) is 21.1 Å². The third-order valence-corrected chi connectivity index (χ3v) is 6.02. The Morgan fingerprint density at radius 1 is 1.18 bits per heavy atom. The number of nitrogens with zero attached hydrogens (tertiary/aromatic N) is 1. The third kappa shape index (κ3) is 5.60. The molecule has 0 radical (unpaired) electrons. The molecule has 2 aromatic carbocycles. The van der Waals surface area contributed by atoms with E-state index in [9.17, 15) is 13.2 Å². The molecule has 7 nitrogen and oxygen atoms in total. The fraction of sp³-hybridized carbons (Fsp3) is 0.316. The highest BCUT2D eigenvalue weighted by Crippen LogP contribution is 2.28. The highest BCUT2D eigenvalue weighted by atomic mass is 35.5. The number of nitrogens with one attached hydrogen (secondary N) is 1. The van der Waals surface area contributed by atoms with Crippen molar-refractivity contribution < 1.29 is 22.7 Å². The lowest BCUT2D eigenvalue weighted by atomic mass is 10.2. The summed E-state index contributed by atoms with van der Waals surface area (Å²) in [5.74, 6) is 0.705. The minimum atomic E-state index is -3.86. The maximum Gasteiger partial charge on any atom is 0.243 e. The molecule has 0 fully saturated rings. The van der Waals surface area contributed by atoms with E-state index in [1.807, 2.05) is 12.1 Å². The van der Waals surface area contributed by atoms with Crippen molar-refractivity contribution in [3.63, 3.8) is 0 Å². The fourth-order valence-corrected chi connectivity index (χ4v) is 3.84. The number of amides is 1. The summed E-state index contributed by atoms with van der Waals surface area (Å²) in [6.07, 6.45) is 0. The average molecular weight is 427 g/mol. The number of benzene rings is 2. The summed E-state index contributed by atoms with van der Waals surface area (Å²) < 4.78 is 36.7. The van der Waals surface area contributed by atoms with Crippen LogP contribution in [0.15, 0.2) is 47.4 Å². The molecule has 152 valence electrons. The Labute approximate surface area is 170 Å². The van der Waals surface area contributed by atoms with Gasteiger partial charge in [0.05, 0.1) is 30.2 Å². The molecule has 28 heavy (non-hydrogen) atoms. The topological polar surface area (TPSA) is 84.9 Å². The van der Waals surface area contributed by atoms with Gasteiger partial charge in [0, 0.05) is 13.6 Å². The molecule has 1 N–H and O–H groups in total. The Morgan fingerprint density at radius 2 is 1.86 bits per heavy atom. The van der Waals surface area contributed by atoms with Crippen LogP contribution < -0.4 is 14.8 Å². The molecule has 9 heteroatoms. The number of hydrogen-bond donors (Lipinski definition) is 1. The van der Waals surface area contributed by atoms with Gasteiger partial charge in [-0.3, -0.25) is 4.79 Å². The molecule has 2 aromatic rings. The Kier molecular flexibility index (Phi) is 7.68. The molecular formula is C19H23ClN2O5S. The Morgan fingerprint density at radius 3 is 2.43 bits per heavy atom. The van der Waals surface area contributed by atoms with Crippen LogP contribution in [0, 0.1) is 0 Å². The van der Waals surface area contributed by atoms with Gasteiger partial charge in [-0.15, -0.1) is 0 Å². The van der Waals surface area contributed by atoms with Crippen LogP contribution in [0.4, 0.5) is 0 Å². The molecular weight excluding hydrogens is 404 g/mol. The van der Waals surface area contributed by atoms with Gasteiger partial charge in [-0.1, -0.05) is 23.7 Å². The third-order valence-electron chi connectivity index (χ3n) is 3.93. The molecule has 0 aliphatic heterocycles. The van der Waals surface area contributed by atoms with Crippen LogP contribution in [-0.4, -0.2) is 45.9 Å². The molecule has 0 aliphatic carbocycles. The molecule has 0 spiro atoms. The molecule has 0 saturated carbocycles. The second-order valence-electron chi connectivity index (χ2n) is 5.91. The first-order valence-corrected chi connectivity index (χ1v) is 10.4. The number of carbonyl (C=O) groups is 1. The molecule has 0 unspecified atom stereocenters. The van der Waals surface area contributed by atoms with E-state index in [1.165, 1.54) is 25.2 Å². The zero-order chi connectivity index (χ0) is 20.7. The Bertz CT molecular complexity index is 916. The lowest BCUT2D eigenvalue weighted by molar-refractivity contribution is -0.121. The number of sulfonamides is 1. The van der Waals surface area contributed by atoms with Crippen LogP contribution in [0.1, 0.15) is 12.5 Å². The van der Waals surface area contributed by atoms with E-state index in [0.717, 1.165) is 15.6 Å². The molecule has 0 aliphatic rings. The minimum Gasteiger partial charge on any atom is -0.497 e. The lowest BCUT2D eigenvalue weighted by Gasteiger charge is -2.17. The number of methoxy groups -OCH3 is 1. The standard InChI is InChI=1S/C19H23ClN2O5S/c1-4-27-18-10-9-16(11-17(18)20)28(24,25)22(2)13-19(23)21-12-14-5-7-15(26-3)8-6-14/h5-11H,4,12-13H2,1-3H3,(H,21,23). The van der Waals surface area contributed by atoms with Gasteiger partial charge in [-0.05, 0) is 42.8 Å². The SMILES string of the molecule is CCOc1ccc(S(=O)(=O)N(C)CC(=O)NCc2ccc(OC)cc2)cc1Cl. The number of ether oxygens (including phenoxy) is 2. The number of hydrogen-bond acceptors (Lipinski definition) is 5. The first-order chi connectivity index (χ1) is 13.3. The quantitative estimate of drug-likeness (QED) is 0.666. The summed E-state index contributed by atoms with van der Waals surface area (Å²) in [5.41, 5.74) is 0.873. The summed E-state index contributed by atoms with van der Waals surface area (Å²) in [6.45, 7) is 2.19. The van der Waals surface area contributed by atoms with E-state index >= 15 is 0 Å². The van der Waals surface area contributed by atoms with E-state index in [2.05, 4.69) is 5.32 Å². The highest BCUT2D eigenvalue weighted by molar-refractivity contribution is 7.89. The van der Waals surface area contributed by atoms with Crippen LogP contribution in [0.2, 0.25) is 5.02 Å². The van der Waals surface area contributed by atoms with Gasteiger partial charge < -0.3 is 14.8 Å². The van der Waals surface area contributed by atoms with Crippen LogP contribution in [0.3, 0.4) is 0 Å². The zero-order valence-corrected chi connectivity index (χ0v) is 17.5. The predicted molar refractivity (Wildman–Crippen MR) is 107 cm³/mol. The molecule has 2 rings (SSSR count). The summed E-state index contributed by atoms with van der Waals surface area (Å²) in [4.78, 5) is 12.1. The van der Waals surface area contributed by atoms with E-state index in [0.29, 0.717) is 12.4 Å². The van der Waals surface area contributed by atoms with Crippen LogP contribution in [0.5, 0.6) is 11.5 Å². The summed E-state index contributed by atoms with van der Waals surface area (Å²) in [6, 6.07) is 11.4. The van der Waals surface area contributed by atoms with Gasteiger partial charge >= 0.3 is 0 Å². The van der Waals surface area contributed by atoms with Gasteiger partial charge in [0.1, 0.15) is 11.5 Å². The summed E-state index contributed by atoms with van der Waals surface area (Å²) in [7, 11) is -0.950. The molecule has 0 bridgehead atoms. The predicted octanol–water partition coefficient (Wildman–Crippen LogP) is 2.68. The Balaban J connectivity index is 1.98. The maximum atomic E-state index is 12.7. The summed E-state index contributed by atoms with van der Waals surface area (Å²) >= 11 is 6.07. The monoisotopic (exact) mass is 426 g/mol. The number of rotatable bonds is 9. The van der Waals surface area contributed by atoms with Gasteiger partial charge in [0.2, 0.25) is 15.9 Å². The first-order valence-electron chi connectivity index (χ1n) is 8.56. The second kappa shape index (κ2) is 9.77. The lowest BCUT2D eigenvalue weighted by Crippen LogP contribution is -2.38. The molecule has 0 heterocycles. The largest absolute Gasteiger partial charge is 0.497 e. The molecule has 0 aromatic heterocycles. The number of carbonyl (C=O) groups excluding carboxylic acids is 1. The number of halogens is 1. The van der Waals surface area contributed by atoms with E-state index in [1.54, 1.807) is 26.2 Å². The van der Waals surface area contributed by atoms with Crippen molar-refractivity contribution in [3.05, 3.63) is 53.1 Å². The van der Waals surface area contributed by atoms with Crippen molar-refractivity contribution in [3.8, 4) is 11.5 Å². The van der Waals surface area contributed by atoms with Gasteiger partial charge in [-0.2, -0.15) is 4.31 Å². The van der Waals surface area contributed by atoms with Gasteiger partial charge in [0.15, 0.2) is 0 Å².